The van der Waals surface area contributed by atoms with Gasteiger partial charge in [0.2, 0.25) is 0 Å². The number of hydrogen-bond donors (Lipinski definition) is 1. The van der Waals surface area contributed by atoms with Crippen molar-refractivity contribution in [3.63, 3.8) is 0 Å². The molecule has 2 aromatic heterocycles. The smallest absolute Gasteiger partial charge is 0.278 e. The molecule has 0 aliphatic rings. The third-order valence-corrected chi connectivity index (χ3v) is 5.54. The van der Waals surface area contributed by atoms with E-state index in [1.165, 1.54) is 5.56 Å². The monoisotopic (exact) mass is 366 g/mol. The Morgan fingerprint density at radius 1 is 1.15 bits per heavy atom. The van der Waals surface area contributed by atoms with Gasteiger partial charge in [0.15, 0.2) is 5.82 Å². The standard InChI is InChI=1S/C22H30N4O/c1-7-17(8-2)19-12-15(4)26-20(19)22(27)25(6)21(24-26)18-10-9-16(13-23-5)11-14(18)3/h9-12,17,23H,7-8,13H2,1-6H3. The van der Waals surface area contributed by atoms with E-state index < -0.39 is 0 Å². The Bertz CT molecular complexity index is 1020. The maximum Gasteiger partial charge on any atom is 0.278 e. The van der Waals surface area contributed by atoms with Gasteiger partial charge in [-0.3, -0.25) is 9.36 Å². The zero-order chi connectivity index (χ0) is 19.7. The minimum atomic E-state index is 0.0219. The normalized spacial score (nSPS) is 11.7. The van der Waals surface area contributed by atoms with Crippen molar-refractivity contribution in [1.29, 1.82) is 0 Å². The van der Waals surface area contributed by atoms with Crippen LogP contribution in [0.1, 0.15) is 55.0 Å². The highest BCUT2D eigenvalue weighted by atomic mass is 16.1. The molecule has 0 aliphatic heterocycles. The highest BCUT2D eigenvalue weighted by Gasteiger charge is 2.21. The molecule has 0 radical (unpaired) electrons. The molecule has 3 rings (SSSR count). The van der Waals surface area contributed by atoms with Crippen molar-refractivity contribution in [2.24, 2.45) is 7.05 Å². The van der Waals surface area contributed by atoms with Gasteiger partial charge in [0.25, 0.3) is 5.56 Å². The summed E-state index contributed by atoms with van der Waals surface area (Å²) < 4.78 is 3.53. The number of nitrogens with one attached hydrogen (secondary N) is 1. The van der Waals surface area contributed by atoms with Crippen LogP contribution in [0.15, 0.2) is 29.1 Å². The van der Waals surface area contributed by atoms with Crippen LogP contribution in [0.5, 0.6) is 0 Å². The van der Waals surface area contributed by atoms with Gasteiger partial charge in [0, 0.05) is 24.8 Å². The van der Waals surface area contributed by atoms with Crippen LogP contribution < -0.4 is 10.9 Å². The Balaban J connectivity index is 2.24. The molecule has 144 valence electrons. The summed E-state index contributed by atoms with van der Waals surface area (Å²) in [5.41, 5.74) is 6.21. The number of fused-ring (bicyclic) bond motifs is 1. The van der Waals surface area contributed by atoms with Crippen LogP contribution in [0.4, 0.5) is 0 Å². The summed E-state index contributed by atoms with van der Waals surface area (Å²) in [6.07, 6.45) is 2.04. The third-order valence-electron chi connectivity index (χ3n) is 5.54. The molecule has 2 heterocycles. The zero-order valence-electron chi connectivity index (χ0n) is 17.3. The summed E-state index contributed by atoms with van der Waals surface area (Å²) >= 11 is 0. The van der Waals surface area contributed by atoms with Crippen LogP contribution in [0.25, 0.3) is 16.9 Å². The zero-order valence-corrected chi connectivity index (χ0v) is 17.3. The van der Waals surface area contributed by atoms with Gasteiger partial charge in [-0.2, -0.15) is 0 Å². The maximum absolute atomic E-state index is 13.3. The molecule has 27 heavy (non-hydrogen) atoms. The summed E-state index contributed by atoms with van der Waals surface area (Å²) in [5.74, 6) is 1.09. The van der Waals surface area contributed by atoms with E-state index in [-0.39, 0.29) is 5.56 Å². The average Bonchev–Trinajstić information content (AvgIpc) is 2.97. The number of aromatic nitrogens is 3. The molecule has 1 N–H and O–H groups in total. The van der Waals surface area contributed by atoms with Crippen molar-refractivity contribution >= 4 is 5.52 Å². The quantitative estimate of drug-likeness (QED) is 0.719. The van der Waals surface area contributed by atoms with Crippen LogP contribution in [0.3, 0.4) is 0 Å². The van der Waals surface area contributed by atoms with Crippen LogP contribution in [-0.2, 0) is 13.6 Å². The molecule has 5 heteroatoms. The van der Waals surface area contributed by atoms with E-state index in [4.69, 9.17) is 5.10 Å². The molecule has 0 bridgehead atoms. The predicted molar refractivity (Wildman–Crippen MR) is 111 cm³/mol. The van der Waals surface area contributed by atoms with Gasteiger partial charge in [0.05, 0.1) is 0 Å². The molecule has 0 amide bonds. The highest BCUT2D eigenvalue weighted by molar-refractivity contribution is 5.64. The molecule has 5 nitrogen and oxygen atoms in total. The lowest BCUT2D eigenvalue weighted by atomic mass is 9.95. The fourth-order valence-electron chi connectivity index (χ4n) is 3.98. The van der Waals surface area contributed by atoms with Gasteiger partial charge < -0.3 is 5.32 Å². The Morgan fingerprint density at radius 3 is 2.44 bits per heavy atom. The number of aryl methyl sites for hydroxylation is 2. The molecule has 0 aliphatic carbocycles. The van der Waals surface area contributed by atoms with Gasteiger partial charge in [-0.05, 0) is 62.4 Å². The molecule has 1 aromatic carbocycles. The first-order chi connectivity index (χ1) is 12.9. The lowest BCUT2D eigenvalue weighted by molar-refractivity contribution is 0.644. The van der Waals surface area contributed by atoms with Crippen LogP contribution in [-0.4, -0.2) is 21.2 Å². The Kier molecular flexibility index (Phi) is 5.51. The van der Waals surface area contributed by atoms with E-state index >= 15 is 0 Å². The second-order valence-corrected chi connectivity index (χ2v) is 7.38. The van der Waals surface area contributed by atoms with E-state index in [0.29, 0.717) is 11.7 Å². The fourth-order valence-corrected chi connectivity index (χ4v) is 3.98. The van der Waals surface area contributed by atoms with Crippen LogP contribution in [0, 0.1) is 13.8 Å². The van der Waals surface area contributed by atoms with Gasteiger partial charge >= 0.3 is 0 Å². The minimum absolute atomic E-state index is 0.0219. The maximum atomic E-state index is 13.3. The number of hydrogen-bond acceptors (Lipinski definition) is 3. The topological polar surface area (TPSA) is 51.3 Å². The lowest BCUT2D eigenvalue weighted by Crippen LogP contribution is -2.24. The van der Waals surface area contributed by atoms with Crippen LogP contribution >= 0.6 is 0 Å². The third kappa shape index (κ3) is 3.32. The van der Waals surface area contributed by atoms with E-state index in [0.717, 1.165) is 47.3 Å². The van der Waals surface area contributed by atoms with Gasteiger partial charge in [-0.15, -0.1) is 5.10 Å². The molecule has 0 spiro atoms. The molecule has 0 fully saturated rings. The first-order valence-electron chi connectivity index (χ1n) is 9.76. The largest absolute Gasteiger partial charge is 0.316 e. The summed E-state index contributed by atoms with van der Waals surface area (Å²) in [6, 6.07) is 8.44. The Hall–Kier alpha value is -2.40. The SMILES string of the molecule is CCC(CC)c1cc(C)n2nc(-c3ccc(CNC)cc3C)n(C)c(=O)c12. The summed E-state index contributed by atoms with van der Waals surface area (Å²) in [5, 5.41) is 8.05. The molecule has 0 saturated heterocycles. The summed E-state index contributed by atoms with van der Waals surface area (Å²) in [4.78, 5) is 13.3. The van der Waals surface area contributed by atoms with Crippen LogP contribution in [0.2, 0.25) is 0 Å². The second-order valence-electron chi connectivity index (χ2n) is 7.38. The fraction of sp³-hybridized carbons (Fsp3) is 0.455. The Labute approximate surface area is 161 Å². The van der Waals surface area contributed by atoms with Crippen molar-refractivity contribution in [3.05, 3.63) is 57.0 Å². The number of benzene rings is 1. The first kappa shape index (κ1) is 19.4. The molecule has 0 saturated carbocycles. The van der Waals surface area contributed by atoms with Crippen molar-refractivity contribution < 1.29 is 0 Å². The molecule has 0 unspecified atom stereocenters. The number of rotatable bonds is 6. The van der Waals surface area contributed by atoms with Crippen molar-refractivity contribution in [3.8, 4) is 11.4 Å². The van der Waals surface area contributed by atoms with Gasteiger partial charge in [-0.25, -0.2) is 4.52 Å². The molecule has 0 atom stereocenters. The first-order valence-corrected chi connectivity index (χ1v) is 9.76. The number of nitrogens with zero attached hydrogens (tertiary/aromatic N) is 3. The van der Waals surface area contributed by atoms with Crippen molar-refractivity contribution in [2.45, 2.75) is 53.0 Å². The molecular weight excluding hydrogens is 336 g/mol. The van der Waals surface area contributed by atoms with Crippen molar-refractivity contribution in [1.82, 2.24) is 19.5 Å². The second kappa shape index (κ2) is 7.69. The average molecular weight is 367 g/mol. The van der Waals surface area contributed by atoms with E-state index in [2.05, 4.69) is 50.4 Å². The Morgan fingerprint density at radius 2 is 1.85 bits per heavy atom. The lowest BCUT2D eigenvalue weighted by Gasteiger charge is -2.14. The predicted octanol–water partition coefficient (Wildman–Crippen LogP) is 3.94. The van der Waals surface area contributed by atoms with Gasteiger partial charge in [-0.1, -0.05) is 32.0 Å². The van der Waals surface area contributed by atoms with Gasteiger partial charge in [0.1, 0.15) is 5.52 Å². The van der Waals surface area contributed by atoms with Crippen molar-refractivity contribution in [2.75, 3.05) is 7.05 Å². The molecule has 3 aromatic rings. The minimum Gasteiger partial charge on any atom is -0.316 e. The highest BCUT2D eigenvalue weighted by Crippen LogP contribution is 2.29. The van der Waals surface area contributed by atoms with E-state index in [1.54, 1.807) is 4.57 Å². The summed E-state index contributed by atoms with van der Waals surface area (Å²) in [7, 11) is 3.76. The van der Waals surface area contributed by atoms with E-state index in [1.807, 2.05) is 25.5 Å². The molecular formula is C22H30N4O. The summed E-state index contributed by atoms with van der Waals surface area (Å²) in [6.45, 7) is 9.27. The van der Waals surface area contributed by atoms with E-state index in [9.17, 15) is 4.79 Å².